The predicted molar refractivity (Wildman–Crippen MR) is 109 cm³/mol. The molecule has 0 saturated heterocycles. The van der Waals surface area contributed by atoms with E-state index in [4.69, 9.17) is 4.98 Å². The fourth-order valence-electron chi connectivity index (χ4n) is 3.08. The van der Waals surface area contributed by atoms with E-state index >= 15 is 0 Å². The van der Waals surface area contributed by atoms with Crippen molar-refractivity contribution in [3.05, 3.63) is 64.9 Å². The monoisotopic (exact) mass is 347 g/mol. The van der Waals surface area contributed by atoms with E-state index < -0.39 is 0 Å². The molecule has 0 atom stereocenters. The van der Waals surface area contributed by atoms with Gasteiger partial charge in [0.1, 0.15) is 5.82 Å². The second-order valence-electron chi connectivity index (χ2n) is 9.26. The van der Waals surface area contributed by atoms with E-state index in [0.717, 1.165) is 29.0 Å². The van der Waals surface area contributed by atoms with Gasteiger partial charge in [-0.1, -0.05) is 47.6 Å². The predicted octanol–water partition coefficient (Wildman–Crippen LogP) is 5.52. The van der Waals surface area contributed by atoms with Gasteiger partial charge in [-0.15, -0.1) is 0 Å². The Hall–Kier alpha value is -2.29. The Morgan fingerprint density at radius 1 is 0.846 bits per heavy atom. The van der Waals surface area contributed by atoms with Gasteiger partial charge in [0.2, 0.25) is 0 Å². The van der Waals surface area contributed by atoms with Gasteiger partial charge in [-0.25, -0.2) is 9.97 Å². The first-order valence-electron chi connectivity index (χ1n) is 9.26. The summed E-state index contributed by atoms with van der Waals surface area (Å²) in [6.07, 6.45) is 4.49. The second kappa shape index (κ2) is 6.46. The maximum absolute atomic E-state index is 4.95. The highest BCUT2D eigenvalue weighted by atomic mass is 14.9. The molecule has 0 unspecified atom stereocenters. The minimum atomic E-state index is 0.0304. The van der Waals surface area contributed by atoms with Crippen LogP contribution in [-0.2, 0) is 17.3 Å². The number of aromatic nitrogens is 3. The third-order valence-corrected chi connectivity index (χ3v) is 4.65. The Labute approximate surface area is 156 Å². The van der Waals surface area contributed by atoms with Crippen molar-refractivity contribution in [2.75, 3.05) is 0 Å². The Bertz CT molecular complexity index is 927. The second-order valence-corrected chi connectivity index (χ2v) is 9.26. The van der Waals surface area contributed by atoms with E-state index in [1.165, 1.54) is 16.5 Å². The van der Waals surface area contributed by atoms with Gasteiger partial charge in [0, 0.05) is 35.3 Å². The number of aryl methyl sites for hydroxylation is 1. The van der Waals surface area contributed by atoms with Crippen molar-refractivity contribution in [2.45, 2.75) is 65.7 Å². The summed E-state index contributed by atoms with van der Waals surface area (Å²) >= 11 is 0. The van der Waals surface area contributed by atoms with E-state index in [9.17, 15) is 0 Å². The molecule has 0 aliphatic carbocycles. The minimum absolute atomic E-state index is 0.0304. The van der Waals surface area contributed by atoms with Gasteiger partial charge in [0.05, 0.1) is 5.52 Å². The number of hydrogen-bond donors (Lipinski definition) is 0. The standard InChI is InChI=1S/C23H29N3/c1-15-13-24-21(25-14-15)11-16-8-9-19-17(10-16)18(22(2,3)4)12-20(26-19)23(5,6)7/h8-10,12-14H,11H2,1-7H3. The summed E-state index contributed by atoms with van der Waals surface area (Å²) in [4.78, 5) is 13.8. The molecule has 0 aliphatic heterocycles. The topological polar surface area (TPSA) is 38.7 Å². The number of rotatable bonds is 2. The third-order valence-electron chi connectivity index (χ3n) is 4.65. The van der Waals surface area contributed by atoms with Gasteiger partial charge in [-0.05, 0) is 47.2 Å². The first-order chi connectivity index (χ1) is 12.0. The van der Waals surface area contributed by atoms with Crippen molar-refractivity contribution in [3.63, 3.8) is 0 Å². The van der Waals surface area contributed by atoms with Crippen LogP contribution in [0.4, 0.5) is 0 Å². The molecular weight excluding hydrogens is 318 g/mol. The lowest BCUT2D eigenvalue weighted by molar-refractivity contribution is 0.558. The third kappa shape index (κ3) is 3.92. The highest BCUT2D eigenvalue weighted by molar-refractivity contribution is 5.84. The van der Waals surface area contributed by atoms with Crippen molar-refractivity contribution in [1.82, 2.24) is 15.0 Å². The molecule has 0 radical (unpaired) electrons. The molecule has 0 amide bonds. The van der Waals surface area contributed by atoms with E-state index in [0.29, 0.717) is 0 Å². The quantitative estimate of drug-likeness (QED) is 0.613. The van der Waals surface area contributed by atoms with Crippen molar-refractivity contribution in [2.24, 2.45) is 0 Å². The highest BCUT2D eigenvalue weighted by Gasteiger charge is 2.23. The minimum Gasteiger partial charge on any atom is -0.252 e. The van der Waals surface area contributed by atoms with Crippen LogP contribution >= 0.6 is 0 Å². The molecule has 0 aliphatic rings. The van der Waals surface area contributed by atoms with E-state index in [2.05, 4.69) is 75.8 Å². The lowest BCUT2D eigenvalue weighted by Crippen LogP contribution is -2.18. The molecule has 3 nitrogen and oxygen atoms in total. The first-order valence-corrected chi connectivity index (χ1v) is 9.26. The van der Waals surface area contributed by atoms with E-state index in [-0.39, 0.29) is 10.8 Å². The highest BCUT2D eigenvalue weighted by Crippen LogP contribution is 2.34. The van der Waals surface area contributed by atoms with E-state index in [1.54, 1.807) is 0 Å². The fraction of sp³-hybridized carbons (Fsp3) is 0.435. The van der Waals surface area contributed by atoms with Gasteiger partial charge in [-0.2, -0.15) is 0 Å². The summed E-state index contributed by atoms with van der Waals surface area (Å²) in [5.41, 5.74) is 5.95. The largest absolute Gasteiger partial charge is 0.252 e. The molecule has 3 heteroatoms. The summed E-state index contributed by atoms with van der Waals surface area (Å²) in [6.45, 7) is 15.5. The van der Waals surface area contributed by atoms with Crippen molar-refractivity contribution in [1.29, 1.82) is 0 Å². The molecule has 3 aromatic rings. The number of pyridine rings is 1. The molecular formula is C23H29N3. The van der Waals surface area contributed by atoms with Gasteiger partial charge in [0.15, 0.2) is 0 Å². The zero-order valence-corrected chi connectivity index (χ0v) is 17.0. The van der Waals surface area contributed by atoms with Crippen LogP contribution < -0.4 is 0 Å². The van der Waals surface area contributed by atoms with Crippen LogP contribution in [0.3, 0.4) is 0 Å². The van der Waals surface area contributed by atoms with Gasteiger partial charge < -0.3 is 0 Å². The lowest BCUT2D eigenvalue weighted by atomic mass is 9.81. The summed E-state index contributed by atoms with van der Waals surface area (Å²) < 4.78 is 0. The summed E-state index contributed by atoms with van der Waals surface area (Å²) in [6, 6.07) is 8.84. The van der Waals surface area contributed by atoms with Crippen LogP contribution in [0.1, 0.15) is 69.8 Å². The average Bonchev–Trinajstić information content (AvgIpc) is 2.54. The van der Waals surface area contributed by atoms with Crippen molar-refractivity contribution < 1.29 is 0 Å². The number of nitrogens with zero attached hydrogens (tertiary/aromatic N) is 3. The molecule has 0 N–H and O–H groups in total. The summed E-state index contributed by atoms with van der Waals surface area (Å²) in [5, 5.41) is 1.23. The summed E-state index contributed by atoms with van der Waals surface area (Å²) in [5.74, 6) is 0.853. The van der Waals surface area contributed by atoms with Gasteiger partial charge in [0.25, 0.3) is 0 Å². The molecule has 136 valence electrons. The van der Waals surface area contributed by atoms with Crippen LogP contribution in [0.15, 0.2) is 36.7 Å². The SMILES string of the molecule is Cc1cnc(Cc2ccc3nc(C(C)(C)C)cc(C(C)(C)C)c3c2)nc1. The molecule has 0 spiro atoms. The Balaban J connectivity index is 2.12. The Kier molecular flexibility index (Phi) is 4.60. The zero-order chi connectivity index (χ0) is 19.1. The van der Waals surface area contributed by atoms with Crippen molar-refractivity contribution in [3.8, 4) is 0 Å². The molecule has 3 rings (SSSR count). The molecule has 0 saturated carbocycles. The van der Waals surface area contributed by atoms with Crippen molar-refractivity contribution >= 4 is 10.9 Å². The molecule has 2 heterocycles. The first kappa shape index (κ1) is 18.5. The van der Waals surface area contributed by atoms with Crippen LogP contribution in [0, 0.1) is 6.92 Å². The molecule has 26 heavy (non-hydrogen) atoms. The maximum Gasteiger partial charge on any atom is 0.132 e. The molecule has 0 fully saturated rings. The summed E-state index contributed by atoms with van der Waals surface area (Å²) in [7, 11) is 0. The van der Waals surface area contributed by atoms with Gasteiger partial charge >= 0.3 is 0 Å². The molecule has 0 bridgehead atoms. The molecule has 1 aromatic carbocycles. The number of benzene rings is 1. The van der Waals surface area contributed by atoms with Gasteiger partial charge in [-0.3, -0.25) is 4.98 Å². The molecule has 2 aromatic heterocycles. The van der Waals surface area contributed by atoms with Crippen LogP contribution in [0.5, 0.6) is 0 Å². The fourth-order valence-corrected chi connectivity index (χ4v) is 3.08. The van der Waals surface area contributed by atoms with Crippen LogP contribution in [0.25, 0.3) is 10.9 Å². The average molecular weight is 348 g/mol. The smallest absolute Gasteiger partial charge is 0.132 e. The number of hydrogen-bond acceptors (Lipinski definition) is 3. The zero-order valence-electron chi connectivity index (χ0n) is 17.0. The normalized spacial score (nSPS) is 12.6. The van der Waals surface area contributed by atoms with Crippen LogP contribution in [-0.4, -0.2) is 15.0 Å². The Morgan fingerprint density at radius 2 is 1.50 bits per heavy atom. The lowest BCUT2D eigenvalue weighted by Gasteiger charge is -2.26. The Morgan fingerprint density at radius 3 is 2.08 bits per heavy atom. The number of fused-ring (bicyclic) bond motifs is 1. The van der Waals surface area contributed by atoms with Crippen LogP contribution in [0.2, 0.25) is 0 Å². The maximum atomic E-state index is 4.95. The van der Waals surface area contributed by atoms with E-state index in [1.807, 2.05) is 19.3 Å².